The van der Waals surface area contributed by atoms with Crippen LogP contribution < -0.4 is 5.32 Å². The molecule has 5 nitrogen and oxygen atoms in total. The van der Waals surface area contributed by atoms with Crippen LogP contribution in [0.25, 0.3) is 4.96 Å². The van der Waals surface area contributed by atoms with Gasteiger partial charge in [-0.2, -0.15) is 5.10 Å². The van der Waals surface area contributed by atoms with Crippen molar-refractivity contribution in [3.63, 3.8) is 0 Å². The molecule has 0 saturated heterocycles. The molecule has 1 amide bonds. The van der Waals surface area contributed by atoms with Gasteiger partial charge in [0.1, 0.15) is 6.33 Å². The Balaban J connectivity index is 1.53. The monoisotopic (exact) mass is 328 g/mol. The molecule has 0 bridgehead atoms. The second-order valence-electron chi connectivity index (χ2n) is 6.21. The number of rotatable bonds is 6. The van der Waals surface area contributed by atoms with Gasteiger partial charge in [0.15, 0.2) is 0 Å². The summed E-state index contributed by atoms with van der Waals surface area (Å²) in [5.74, 6) is 0.0731. The van der Waals surface area contributed by atoms with E-state index < -0.39 is 0 Å². The van der Waals surface area contributed by atoms with E-state index in [-0.39, 0.29) is 11.3 Å². The van der Waals surface area contributed by atoms with Crippen molar-refractivity contribution >= 4 is 22.2 Å². The molecule has 0 radical (unpaired) electrons. The highest BCUT2D eigenvalue weighted by molar-refractivity contribution is 7.15. The lowest BCUT2D eigenvalue weighted by Gasteiger charge is -2.24. The Labute approximate surface area is 139 Å². The van der Waals surface area contributed by atoms with E-state index in [1.54, 1.807) is 17.7 Å². The number of thiazole rings is 1. The number of benzene rings is 1. The van der Waals surface area contributed by atoms with Crippen molar-refractivity contribution in [1.29, 1.82) is 0 Å². The third-order valence-electron chi connectivity index (χ3n) is 3.95. The fraction of sp³-hybridized carbons (Fsp3) is 0.353. The standard InChI is InChI=1S/C17H20N4OS/c1-17(2,13-6-4-3-5-7-13)10-15(22)18-9-8-14-11-23-16-19-12-20-21(14)16/h3-7,11-12H,8-10H2,1-2H3,(H,18,22). The molecule has 0 spiro atoms. The van der Waals surface area contributed by atoms with Crippen LogP contribution in [0.2, 0.25) is 0 Å². The van der Waals surface area contributed by atoms with Crippen LogP contribution in [0.4, 0.5) is 0 Å². The number of amides is 1. The quantitative estimate of drug-likeness (QED) is 0.757. The first-order valence-electron chi connectivity index (χ1n) is 7.64. The number of hydrogen-bond acceptors (Lipinski definition) is 4. The lowest BCUT2D eigenvalue weighted by Crippen LogP contribution is -2.32. The smallest absolute Gasteiger partial charge is 0.220 e. The molecule has 0 unspecified atom stereocenters. The molecule has 3 aromatic rings. The van der Waals surface area contributed by atoms with Crippen LogP contribution in [-0.4, -0.2) is 27.0 Å². The number of aromatic nitrogens is 3. The number of nitrogens with zero attached hydrogens (tertiary/aromatic N) is 3. The maximum absolute atomic E-state index is 12.2. The first kappa shape index (κ1) is 15.7. The summed E-state index contributed by atoms with van der Waals surface area (Å²) in [7, 11) is 0. The van der Waals surface area contributed by atoms with Gasteiger partial charge in [-0.15, -0.1) is 11.3 Å². The maximum Gasteiger partial charge on any atom is 0.220 e. The summed E-state index contributed by atoms with van der Waals surface area (Å²) in [6.45, 7) is 4.80. The van der Waals surface area contributed by atoms with Crippen molar-refractivity contribution in [2.24, 2.45) is 0 Å². The Morgan fingerprint density at radius 2 is 2.09 bits per heavy atom. The molecule has 0 aliphatic rings. The topological polar surface area (TPSA) is 59.3 Å². The molecule has 0 atom stereocenters. The lowest BCUT2D eigenvalue weighted by molar-refractivity contribution is -0.122. The van der Waals surface area contributed by atoms with Crippen LogP contribution in [-0.2, 0) is 16.6 Å². The molecule has 2 heterocycles. The Morgan fingerprint density at radius 1 is 1.30 bits per heavy atom. The second-order valence-corrected chi connectivity index (χ2v) is 7.04. The summed E-state index contributed by atoms with van der Waals surface area (Å²) in [5, 5.41) is 9.22. The molecule has 0 aliphatic carbocycles. The van der Waals surface area contributed by atoms with Crippen molar-refractivity contribution in [2.45, 2.75) is 32.1 Å². The number of carbonyl (C=O) groups excluding carboxylic acids is 1. The molecule has 0 fully saturated rings. The van der Waals surface area contributed by atoms with Crippen LogP contribution in [0.3, 0.4) is 0 Å². The molecular weight excluding hydrogens is 308 g/mol. The van der Waals surface area contributed by atoms with Crippen LogP contribution in [0.5, 0.6) is 0 Å². The van der Waals surface area contributed by atoms with Gasteiger partial charge in [0.2, 0.25) is 10.9 Å². The van der Waals surface area contributed by atoms with E-state index in [1.165, 1.54) is 5.56 Å². The minimum Gasteiger partial charge on any atom is -0.356 e. The van der Waals surface area contributed by atoms with E-state index in [4.69, 9.17) is 0 Å². The van der Waals surface area contributed by atoms with Crippen molar-refractivity contribution in [2.75, 3.05) is 6.54 Å². The molecule has 23 heavy (non-hydrogen) atoms. The Bertz CT molecular complexity index is 791. The second kappa shape index (κ2) is 6.50. The lowest BCUT2D eigenvalue weighted by atomic mass is 9.81. The van der Waals surface area contributed by atoms with Gasteiger partial charge in [-0.3, -0.25) is 4.79 Å². The van der Waals surface area contributed by atoms with Gasteiger partial charge in [-0.25, -0.2) is 9.50 Å². The van der Waals surface area contributed by atoms with E-state index in [0.29, 0.717) is 13.0 Å². The molecular formula is C17H20N4OS. The van der Waals surface area contributed by atoms with E-state index in [1.807, 2.05) is 28.1 Å². The Hall–Kier alpha value is -2.21. The minimum atomic E-state index is -0.174. The van der Waals surface area contributed by atoms with E-state index in [9.17, 15) is 4.79 Å². The molecule has 0 aliphatic heterocycles. The summed E-state index contributed by atoms with van der Waals surface area (Å²) in [4.78, 5) is 17.3. The molecule has 6 heteroatoms. The SMILES string of the molecule is CC(C)(CC(=O)NCCc1csc2ncnn12)c1ccccc1. The van der Waals surface area contributed by atoms with Crippen LogP contribution in [0.15, 0.2) is 42.0 Å². The fourth-order valence-electron chi connectivity index (χ4n) is 2.63. The van der Waals surface area contributed by atoms with Crippen molar-refractivity contribution in [1.82, 2.24) is 19.9 Å². The van der Waals surface area contributed by atoms with Gasteiger partial charge in [-0.05, 0) is 11.0 Å². The summed E-state index contributed by atoms with van der Waals surface area (Å²) in [5.41, 5.74) is 2.08. The molecule has 0 saturated carbocycles. The number of hydrogen-bond donors (Lipinski definition) is 1. The molecule has 2 aromatic heterocycles. The zero-order valence-electron chi connectivity index (χ0n) is 13.3. The summed E-state index contributed by atoms with van der Waals surface area (Å²) < 4.78 is 1.82. The van der Waals surface area contributed by atoms with Crippen LogP contribution in [0, 0.1) is 0 Å². The maximum atomic E-state index is 12.2. The zero-order chi connectivity index (χ0) is 16.3. The number of carbonyl (C=O) groups is 1. The molecule has 3 rings (SSSR count). The molecule has 120 valence electrons. The fourth-order valence-corrected chi connectivity index (χ4v) is 3.46. The summed E-state index contributed by atoms with van der Waals surface area (Å²) in [6.07, 6.45) is 2.77. The van der Waals surface area contributed by atoms with Crippen molar-refractivity contribution in [3.8, 4) is 0 Å². The van der Waals surface area contributed by atoms with Crippen LogP contribution in [0.1, 0.15) is 31.5 Å². The van der Waals surface area contributed by atoms with E-state index in [2.05, 4.69) is 41.4 Å². The Morgan fingerprint density at radius 3 is 2.87 bits per heavy atom. The predicted octanol–water partition coefficient (Wildman–Crippen LogP) is 2.82. The normalized spacial score (nSPS) is 11.7. The highest BCUT2D eigenvalue weighted by Crippen LogP contribution is 2.26. The number of fused-ring (bicyclic) bond motifs is 1. The molecule has 1 N–H and O–H groups in total. The van der Waals surface area contributed by atoms with Crippen molar-refractivity contribution in [3.05, 3.63) is 53.3 Å². The Kier molecular flexibility index (Phi) is 4.43. The van der Waals surface area contributed by atoms with Gasteiger partial charge < -0.3 is 5.32 Å². The van der Waals surface area contributed by atoms with Gasteiger partial charge in [0.05, 0.1) is 5.69 Å². The molecule has 1 aromatic carbocycles. The predicted molar refractivity (Wildman–Crippen MR) is 91.7 cm³/mol. The summed E-state index contributed by atoms with van der Waals surface area (Å²) in [6, 6.07) is 10.1. The van der Waals surface area contributed by atoms with E-state index in [0.717, 1.165) is 17.1 Å². The highest BCUT2D eigenvalue weighted by Gasteiger charge is 2.23. The van der Waals surface area contributed by atoms with E-state index >= 15 is 0 Å². The first-order valence-corrected chi connectivity index (χ1v) is 8.52. The highest BCUT2D eigenvalue weighted by atomic mass is 32.1. The minimum absolute atomic E-state index is 0.0731. The van der Waals surface area contributed by atoms with Crippen LogP contribution >= 0.6 is 11.3 Å². The average Bonchev–Trinajstić information content (AvgIpc) is 3.12. The zero-order valence-corrected chi connectivity index (χ0v) is 14.1. The largest absolute Gasteiger partial charge is 0.356 e. The van der Waals surface area contributed by atoms with Gasteiger partial charge >= 0.3 is 0 Å². The third-order valence-corrected chi connectivity index (χ3v) is 4.83. The van der Waals surface area contributed by atoms with Crippen molar-refractivity contribution < 1.29 is 4.79 Å². The van der Waals surface area contributed by atoms with Gasteiger partial charge in [0, 0.05) is 24.8 Å². The summed E-state index contributed by atoms with van der Waals surface area (Å²) >= 11 is 1.56. The average molecular weight is 328 g/mol. The third kappa shape index (κ3) is 3.59. The first-order chi connectivity index (χ1) is 11.1. The number of nitrogens with one attached hydrogen (secondary N) is 1. The van der Waals surface area contributed by atoms with Gasteiger partial charge in [-0.1, -0.05) is 44.2 Å². The van der Waals surface area contributed by atoms with Gasteiger partial charge in [0.25, 0.3) is 0 Å².